The van der Waals surface area contributed by atoms with E-state index in [4.69, 9.17) is 4.74 Å². The van der Waals surface area contributed by atoms with Crippen molar-refractivity contribution in [2.24, 2.45) is 5.92 Å². The van der Waals surface area contributed by atoms with Gasteiger partial charge in [-0.15, -0.1) is 11.3 Å². The Bertz CT molecular complexity index is 853. The fourth-order valence-corrected chi connectivity index (χ4v) is 4.08. The van der Waals surface area contributed by atoms with Gasteiger partial charge >= 0.3 is 0 Å². The quantitative estimate of drug-likeness (QED) is 0.689. The summed E-state index contributed by atoms with van der Waals surface area (Å²) in [5.41, 5.74) is 1.80. The Morgan fingerprint density at radius 2 is 2.20 bits per heavy atom. The van der Waals surface area contributed by atoms with E-state index in [2.05, 4.69) is 15.3 Å². The van der Waals surface area contributed by atoms with Gasteiger partial charge in [0.15, 0.2) is 0 Å². The van der Waals surface area contributed by atoms with Gasteiger partial charge in [0.1, 0.15) is 17.4 Å². The number of pyridine rings is 1. The van der Waals surface area contributed by atoms with Gasteiger partial charge in [-0.1, -0.05) is 0 Å². The lowest BCUT2D eigenvalue weighted by Crippen LogP contribution is -2.46. The number of anilines is 1. The van der Waals surface area contributed by atoms with Crippen molar-refractivity contribution < 1.29 is 14.3 Å². The second-order valence-corrected chi connectivity index (χ2v) is 8.40. The number of hydrogen-bond acceptors (Lipinski definition) is 7. The van der Waals surface area contributed by atoms with Crippen molar-refractivity contribution in [1.29, 1.82) is 0 Å². The molecule has 0 bridgehead atoms. The molecule has 0 aliphatic carbocycles. The van der Waals surface area contributed by atoms with E-state index < -0.39 is 0 Å². The number of hydrogen-bond donors (Lipinski definition) is 1. The van der Waals surface area contributed by atoms with Crippen LogP contribution < -0.4 is 10.2 Å². The zero-order valence-electron chi connectivity index (χ0n) is 17.8. The van der Waals surface area contributed by atoms with Gasteiger partial charge in [0.2, 0.25) is 11.8 Å². The van der Waals surface area contributed by atoms with E-state index in [1.54, 1.807) is 4.90 Å². The standard InChI is InChI=1S/C21H29N5O3S/c1-4-29-13-20(27)26-9-5-6-16(12-26)21(28)23-11-19-24-17(14-30-19)15-7-8-18(22-10-15)25(2)3/h7-8,10,14,16H,4-6,9,11-13H2,1-3H3,(H,23,28). The molecule has 1 saturated heterocycles. The van der Waals surface area contributed by atoms with Crippen LogP contribution >= 0.6 is 11.3 Å². The van der Waals surface area contributed by atoms with Crippen LogP contribution in [-0.4, -0.2) is 67.1 Å². The van der Waals surface area contributed by atoms with Crippen LogP contribution in [0.4, 0.5) is 5.82 Å². The number of rotatable bonds is 8. The van der Waals surface area contributed by atoms with Crippen molar-refractivity contribution in [3.8, 4) is 11.3 Å². The smallest absolute Gasteiger partial charge is 0.248 e. The van der Waals surface area contributed by atoms with Crippen molar-refractivity contribution >= 4 is 29.0 Å². The number of piperidine rings is 1. The summed E-state index contributed by atoms with van der Waals surface area (Å²) in [6.45, 7) is 3.97. The Balaban J connectivity index is 1.52. The third kappa shape index (κ3) is 5.76. The molecule has 9 heteroatoms. The molecule has 3 heterocycles. The van der Waals surface area contributed by atoms with Crippen LogP contribution in [0.25, 0.3) is 11.3 Å². The van der Waals surface area contributed by atoms with Crippen LogP contribution in [0.15, 0.2) is 23.7 Å². The SMILES string of the molecule is CCOCC(=O)N1CCCC(C(=O)NCc2nc(-c3ccc(N(C)C)nc3)cs2)C1. The highest BCUT2D eigenvalue weighted by atomic mass is 32.1. The van der Waals surface area contributed by atoms with Crippen molar-refractivity contribution in [2.45, 2.75) is 26.3 Å². The molecule has 8 nitrogen and oxygen atoms in total. The average molecular weight is 432 g/mol. The molecule has 0 radical (unpaired) electrons. The first-order chi connectivity index (χ1) is 14.5. The first-order valence-electron chi connectivity index (χ1n) is 10.2. The van der Waals surface area contributed by atoms with E-state index in [0.29, 0.717) is 26.2 Å². The molecule has 0 spiro atoms. The van der Waals surface area contributed by atoms with Crippen molar-refractivity contribution in [3.05, 3.63) is 28.7 Å². The van der Waals surface area contributed by atoms with Crippen molar-refractivity contribution in [3.63, 3.8) is 0 Å². The van der Waals surface area contributed by atoms with Crippen molar-refractivity contribution in [2.75, 3.05) is 45.3 Å². The number of amides is 2. The summed E-state index contributed by atoms with van der Waals surface area (Å²) < 4.78 is 5.20. The largest absolute Gasteiger partial charge is 0.372 e. The molecule has 1 N–H and O–H groups in total. The normalized spacial score (nSPS) is 16.4. The highest BCUT2D eigenvalue weighted by molar-refractivity contribution is 7.09. The number of carbonyl (C=O) groups is 2. The van der Waals surface area contributed by atoms with E-state index in [0.717, 1.165) is 34.9 Å². The molecule has 162 valence electrons. The van der Waals surface area contributed by atoms with Gasteiger partial charge in [-0.25, -0.2) is 9.97 Å². The second-order valence-electron chi connectivity index (χ2n) is 7.46. The molecule has 1 unspecified atom stereocenters. The lowest BCUT2D eigenvalue weighted by atomic mass is 9.97. The first-order valence-corrected chi connectivity index (χ1v) is 11.1. The summed E-state index contributed by atoms with van der Waals surface area (Å²) >= 11 is 1.51. The number of nitrogens with zero attached hydrogens (tertiary/aromatic N) is 4. The maximum atomic E-state index is 12.6. The molecule has 1 aliphatic rings. The molecule has 3 rings (SSSR count). The summed E-state index contributed by atoms with van der Waals surface area (Å²) in [6, 6.07) is 3.95. The van der Waals surface area contributed by atoms with Crippen LogP contribution in [0.1, 0.15) is 24.8 Å². The summed E-state index contributed by atoms with van der Waals surface area (Å²) in [5.74, 6) is 0.625. The highest BCUT2D eigenvalue weighted by Gasteiger charge is 2.28. The van der Waals surface area contributed by atoms with E-state index in [1.165, 1.54) is 11.3 Å². The van der Waals surface area contributed by atoms with Crippen LogP contribution in [0.5, 0.6) is 0 Å². The van der Waals surface area contributed by atoms with Crippen LogP contribution in [0.3, 0.4) is 0 Å². The Morgan fingerprint density at radius 3 is 2.90 bits per heavy atom. The van der Waals surface area contributed by atoms with Gasteiger partial charge in [-0.3, -0.25) is 9.59 Å². The summed E-state index contributed by atoms with van der Waals surface area (Å²) in [4.78, 5) is 37.5. The third-order valence-corrected chi connectivity index (χ3v) is 5.89. The van der Waals surface area contributed by atoms with E-state index >= 15 is 0 Å². The van der Waals surface area contributed by atoms with Gasteiger partial charge in [-0.2, -0.15) is 0 Å². The number of nitrogens with one attached hydrogen (secondary N) is 1. The van der Waals surface area contributed by atoms with Gasteiger partial charge in [0.05, 0.1) is 18.2 Å². The minimum atomic E-state index is -0.188. The molecule has 1 atom stereocenters. The fourth-order valence-electron chi connectivity index (χ4n) is 3.33. The second kappa shape index (κ2) is 10.5. The van der Waals surface area contributed by atoms with Crippen molar-refractivity contribution in [1.82, 2.24) is 20.2 Å². The molecular formula is C21H29N5O3S. The number of ether oxygens (including phenoxy) is 1. The van der Waals surface area contributed by atoms with Crippen LogP contribution in [0.2, 0.25) is 0 Å². The Morgan fingerprint density at radius 1 is 1.37 bits per heavy atom. The van der Waals surface area contributed by atoms with Crippen LogP contribution in [0, 0.1) is 5.92 Å². The topological polar surface area (TPSA) is 87.7 Å². The maximum absolute atomic E-state index is 12.6. The van der Waals surface area contributed by atoms with Gasteiger partial charge in [0, 0.05) is 50.9 Å². The minimum Gasteiger partial charge on any atom is -0.372 e. The molecule has 0 aromatic carbocycles. The maximum Gasteiger partial charge on any atom is 0.248 e. The van der Waals surface area contributed by atoms with Gasteiger partial charge in [0.25, 0.3) is 0 Å². The zero-order chi connectivity index (χ0) is 21.5. The first kappa shape index (κ1) is 22.2. The number of likely N-dealkylation sites (tertiary alicyclic amines) is 1. The molecule has 1 aliphatic heterocycles. The summed E-state index contributed by atoms with van der Waals surface area (Å²) in [6.07, 6.45) is 3.42. The van der Waals surface area contributed by atoms with E-state index in [9.17, 15) is 9.59 Å². The molecule has 2 aromatic rings. The summed E-state index contributed by atoms with van der Waals surface area (Å²) in [7, 11) is 3.90. The van der Waals surface area contributed by atoms with E-state index in [1.807, 2.05) is 49.6 Å². The lowest BCUT2D eigenvalue weighted by molar-refractivity contribution is -0.139. The lowest BCUT2D eigenvalue weighted by Gasteiger charge is -2.32. The number of aromatic nitrogens is 2. The fraction of sp³-hybridized carbons (Fsp3) is 0.524. The third-order valence-electron chi connectivity index (χ3n) is 5.04. The predicted octanol–water partition coefficient (Wildman–Crippen LogP) is 2.16. The average Bonchev–Trinajstić information content (AvgIpc) is 3.25. The number of thiazole rings is 1. The minimum absolute atomic E-state index is 0.0299. The predicted molar refractivity (Wildman–Crippen MR) is 117 cm³/mol. The van der Waals surface area contributed by atoms with Gasteiger partial charge in [-0.05, 0) is 31.9 Å². The van der Waals surface area contributed by atoms with Crippen LogP contribution in [-0.2, 0) is 20.9 Å². The molecule has 30 heavy (non-hydrogen) atoms. The molecule has 2 amide bonds. The summed E-state index contributed by atoms with van der Waals surface area (Å²) in [5, 5.41) is 5.80. The molecule has 0 saturated carbocycles. The monoisotopic (exact) mass is 431 g/mol. The zero-order valence-corrected chi connectivity index (χ0v) is 18.6. The molecular weight excluding hydrogens is 402 g/mol. The van der Waals surface area contributed by atoms with Gasteiger partial charge < -0.3 is 19.9 Å². The molecule has 2 aromatic heterocycles. The number of carbonyl (C=O) groups excluding carboxylic acids is 2. The van der Waals surface area contributed by atoms with E-state index in [-0.39, 0.29) is 24.3 Å². The highest BCUT2D eigenvalue weighted by Crippen LogP contribution is 2.23. The Hall–Kier alpha value is -2.52. The molecule has 1 fully saturated rings. The Kier molecular flexibility index (Phi) is 7.75. The Labute approximate surface area is 181 Å².